The zero-order valence-corrected chi connectivity index (χ0v) is 12.0. The molecule has 0 aliphatic carbocycles. The highest BCUT2D eigenvalue weighted by atomic mass is 19.4. The van der Waals surface area contributed by atoms with E-state index in [1.165, 1.54) is 13.8 Å². The van der Waals surface area contributed by atoms with Crippen LogP contribution in [0.2, 0.25) is 0 Å². The number of nitrogens with zero attached hydrogens (tertiary/aromatic N) is 2. The largest absolute Gasteiger partial charge is 0.377 e. The third-order valence-electron chi connectivity index (χ3n) is 2.96. The molecule has 0 aromatic heterocycles. The predicted octanol–water partition coefficient (Wildman–Crippen LogP) is 4.94. The molecule has 10 heteroatoms. The van der Waals surface area contributed by atoms with Crippen molar-refractivity contribution >= 4 is 0 Å². The molecule has 0 atom stereocenters. The van der Waals surface area contributed by atoms with Crippen LogP contribution in [0.25, 0.3) is 0 Å². The highest BCUT2D eigenvalue weighted by Gasteiger charge is 2.76. The molecule has 23 heavy (non-hydrogen) atoms. The first-order valence-corrected chi connectivity index (χ1v) is 6.06. The smallest absolute Gasteiger partial charge is 0.203 e. The van der Waals surface area contributed by atoms with Crippen LogP contribution in [-0.2, 0) is 0 Å². The van der Waals surface area contributed by atoms with Crippen molar-refractivity contribution in [2.45, 2.75) is 50.9 Å². The Bertz CT molecular complexity index is 521. The molecule has 0 fully saturated rings. The maximum atomic E-state index is 13.6. The van der Waals surface area contributed by atoms with Gasteiger partial charge in [0, 0.05) is 0 Å². The van der Waals surface area contributed by atoms with E-state index >= 15 is 0 Å². The predicted molar refractivity (Wildman–Crippen MR) is 63.2 cm³/mol. The topological polar surface area (TPSA) is 47.6 Å². The first-order valence-electron chi connectivity index (χ1n) is 6.06. The molecule has 0 aliphatic rings. The second kappa shape index (κ2) is 6.73. The zero-order chi connectivity index (χ0) is 18.7. The summed E-state index contributed by atoms with van der Waals surface area (Å²) in [6.45, 7) is 2.91. The van der Waals surface area contributed by atoms with Crippen LogP contribution in [0.15, 0.2) is 11.6 Å². The molecule has 0 bridgehead atoms. The van der Waals surface area contributed by atoms with Crippen molar-refractivity contribution in [3.05, 3.63) is 11.6 Å². The number of allylic oxidation sites excluding steroid dienone is 2. The van der Waals surface area contributed by atoms with Gasteiger partial charge in [-0.25, -0.2) is 8.78 Å². The molecule has 0 saturated heterocycles. The fraction of sp³-hybridized carbons (Fsp3) is 0.692. The molecule has 0 unspecified atom stereocenters. The van der Waals surface area contributed by atoms with Gasteiger partial charge in [0.15, 0.2) is 5.41 Å². The van der Waals surface area contributed by atoms with Gasteiger partial charge in [-0.3, -0.25) is 0 Å². The lowest BCUT2D eigenvalue weighted by atomic mass is 9.79. The highest BCUT2D eigenvalue weighted by molar-refractivity contribution is 5.20. The van der Waals surface area contributed by atoms with Crippen molar-refractivity contribution in [2.75, 3.05) is 0 Å². The lowest BCUT2D eigenvalue weighted by molar-refractivity contribution is -0.342. The van der Waals surface area contributed by atoms with Crippen LogP contribution < -0.4 is 0 Å². The Morgan fingerprint density at radius 2 is 1.43 bits per heavy atom. The fourth-order valence-corrected chi connectivity index (χ4v) is 1.52. The van der Waals surface area contributed by atoms with Crippen molar-refractivity contribution in [3.63, 3.8) is 0 Å². The van der Waals surface area contributed by atoms with Crippen molar-refractivity contribution in [1.82, 2.24) is 0 Å². The molecule has 2 nitrogen and oxygen atoms in total. The second-order valence-corrected chi connectivity index (χ2v) is 5.17. The Labute approximate surface area is 127 Å². The van der Waals surface area contributed by atoms with Crippen molar-refractivity contribution < 1.29 is 35.1 Å². The van der Waals surface area contributed by atoms with Gasteiger partial charge in [0.1, 0.15) is 0 Å². The van der Waals surface area contributed by atoms with Crippen molar-refractivity contribution in [3.8, 4) is 12.1 Å². The molecule has 0 aromatic rings. The summed E-state index contributed by atoms with van der Waals surface area (Å²) in [7, 11) is 0. The average Bonchev–Trinajstić information content (AvgIpc) is 2.42. The molecule has 0 saturated carbocycles. The normalized spacial score (nSPS) is 13.4. The van der Waals surface area contributed by atoms with E-state index in [1.807, 2.05) is 0 Å². The molecule has 0 radical (unpaired) electrons. The van der Waals surface area contributed by atoms with E-state index in [4.69, 9.17) is 10.5 Å². The molecule has 0 rings (SSSR count). The average molecular weight is 348 g/mol. The lowest BCUT2D eigenvalue weighted by Gasteiger charge is -2.34. The summed E-state index contributed by atoms with van der Waals surface area (Å²) in [6, 6.07) is 2.16. The number of rotatable bonds is 7. The SMILES string of the molecule is CC(C)=CCC(C#N)(C#N)CC(F)(F)C(F)(F)C(F)(F)C(F)F. The summed E-state index contributed by atoms with van der Waals surface area (Å²) in [6.07, 6.45) is -6.99. The first kappa shape index (κ1) is 21.2. The molecule has 0 heterocycles. The third kappa shape index (κ3) is 4.12. The van der Waals surface area contributed by atoms with E-state index in [2.05, 4.69) is 0 Å². The van der Waals surface area contributed by atoms with Crippen LogP contribution in [-0.4, -0.2) is 24.2 Å². The first-order chi connectivity index (χ1) is 10.2. The van der Waals surface area contributed by atoms with Crippen LogP contribution in [0.5, 0.6) is 0 Å². The van der Waals surface area contributed by atoms with E-state index < -0.39 is 42.4 Å². The third-order valence-corrected chi connectivity index (χ3v) is 2.96. The molecule has 130 valence electrons. The van der Waals surface area contributed by atoms with Crippen LogP contribution in [0.1, 0.15) is 26.7 Å². The molecule has 0 spiro atoms. The minimum Gasteiger partial charge on any atom is -0.203 e. The van der Waals surface area contributed by atoms with Gasteiger partial charge >= 0.3 is 24.2 Å². The number of alkyl halides is 8. The molecular formula is C13H12F8N2. The Morgan fingerprint density at radius 3 is 1.74 bits per heavy atom. The summed E-state index contributed by atoms with van der Waals surface area (Å²) >= 11 is 0. The minimum atomic E-state index is -6.43. The van der Waals surface area contributed by atoms with E-state index in [9.17, 15) is 35.1 Å². The Hall–Kier alpha value is -1.84. The Morgan fingerprint density at radius 1 is 1.00 bits per heavy atom. The molecular weight excluding hydrogens is 336 g/mol. The van der Waals surface area contributed by atoms with Crippen LogP contribution in [0.3, 0.4) is 0 Å². The molecule has 0 aromatic carbocycles. The lowest BCUT2D eigenvalue weighted by Crippen LogP contribution is -2.58. The van der Waals surface area contributed by atoms with Gasteiger partial charge < -0.3 is 0 Å². The molecule has 0 N–H and O–H groups in total. The van der Waals surface area contributed by atoms with Crippen molar-refractivity contribution in [2.24, 2.45) is 5.41 Å². The monoisotopic (exact) mass is 348 g/mol. The Kier molecular flexibility index (Phi) is 6.19. The summed E-state index contributed by atoms with van der Waals surface area (Å²) in [4.78, 5) is 0. The van der Waals surface area contributed by atoms with Crippen LogP contribution in [0.4, 0.5) is 35.1 Å². The maximum absolute atomic E-state index is 13.6. The number of halogens is 8. The Balaban J connectivity index is 5.80. The van der Waals surface area contributed by atoms with Gasteiger partial charge in [0.25, 0.3) is 0 Å². The quantitative estimate of drug-likeness (QED) is 0.483. The summed E-state index contributed by atoms with van der Waals surface area (Å²) in [5.41, 5.74) is -2.31. The minimum absolute atomic E-state index is 0.452. The van der Waals surface area contributed by atoms with Gasteiger partial charge in [-0.15, -0.1) is 0 Å². The maximum Gasteiger partial charge on any atom is 0.377 e. The van der Waals surface area contributed by atoms with Gasteiger partial charge in [-0.05, 0) is 20.3 Å². The molecule has 0 amide bonds. The standard InChI is InChI=1S/C13H12F8N2/c1-8(2)3-4-10(6-22,7-23)5-11(16,17)13(20,21)12(18,19)9(14)15/h3,9H,4-5H2,1-2H3. The van der Waals surface area contributed by atoms with E-state index in [-0.39, 0.29) is 0 Å². The zero-order valence-electron chi connectivity index (χ0n) is 12.0. The van der Waals surface area contributed by atoms with Crippen LogP contribution in [0, 0.1) is 28.1 Å². The summed E-state index contributed by atoms with van der Waals surface area (Å²) < 4.78 is 103. The van der Waals surface area contributed by atoms with Gasteiger partial charge in [0.2, 0.25) is 0 Å². The molecule has 0 aliphatic heterocycles. The van der Waals surface area contributed by atoms with Crippen molar-refractivity contribution in [1.29, 1.82) is 10.5 Å². The van der Waals surface area contributed by atoms with Crippen LogP contribution >= 0.6 is 0 Å². The van der Waals surface area contributed by atoms with E-state index in [0.717, 1.165) is 18.2 Å². The highest BCUT2D eigenvalue weighted by Crippen LogP contribution is 2.52. The second-order valence-electron chi connectivity index (χ2n) is 5.17. The van der Waals surface area contributed by atoms with Gasteiger partial charge in [-0.1, -0.05) is 11.6 Å². The fourth-order valence-electron chi connectivity index (χ4n) is 1.52. The number of hydrogen-bond donors (Lipinski definition) is 0. The van der Waals surface area contributed by atoms with Gasteiger partial charge in [-0.2, -0.15) is 36.9 Å². The van der Waals surface area contributed by atoms with E-state index in [1.54, 1.807) is 0 Å². The van der Waals surface area contributed by atoms with E-state index in [0.29, 0.717) is 5.57 Å². The summed E-state index contributed by atoms with van der Waals surface area (Å²) in [5, 5.41) is 17.6. The number of hydrogen-bond acceptors (Lipinski definition) is 2. The summed E-state index contributed by atoms with van der Waals surface area (Å²) in [5.74, 6) is -18.4. The van der Waals surface area contributed by atoms with Gasteiger partial charge in [0.05, 0.1) is 18.6 Å². The number of nitriles is 2.